The van der Waals surface area contributed by atoms with Crippen molar-refractivity contribution in [2.24, 2.45) is 0 Å². The number of hydrogen-bond acceptors (Lipinski definition) is 5. The number of benzene rings is 1. The Hall–Kier alpha value is -1.75. The van der Waals surface area contributed by atoms with Crippen LogP contribution >= 0.6 is 0 Å². The van der Waals surface area contributed by atoms with Gasteiger partial charge in [-0.1, -0.05) is 6.07 Å². The third kappa shape index (κ3) is 2.38. The van der Waals surface area contributed by atoms with Crippen molar-refractivity contribution in [2.75, 3.05) is 14.2 Å². The van der Waals surface area contributed by atoms with E-state index in [2.05, 4.69) is 4.74 Å². The van der Waals surface area contributed by atoms with Gasteiger partial charge in [-0.2, -0.15) is 0 Å². The van der Waals surface area contributed by atoms with Gasteiger partial charge in [-0.15, -0.1) is 0 Å². The van der Waals surface area contributed by atoms with E-state index in [1.54, 1.807) is 0 Å². The second-order valence-electron chi connectivity index (χ2n) is 2.86. The van der Waals surface area contributed by atoms with Gasteiger partial charge in [0.05, 0.1) is 14.2 Å². The Morgan fingerprint density at radius 1 is 1.40 bits per heavy atom. The smallest absolute Gasteiger partial charge is 0.339 e. The SMILES string of the molecule is COC(=O)C(O)c1ccc(O)c(OC)c1. The fourth-order valence-electron chi connectivity index (χ4n) is 1.11. The van der Waals surface area contributed by atoms with Gasteiger partial charge in [0.2, 0.25) is 0 Å². The van der Waals surface area contributed by atoms with Crippen LogP contribution in [0.1, 0.15) is 11.7 Å². The molecule has 0 amide bonds. The van der Waals surface area contributed by atoms with Crippen molar-refractivity contribution in [1.29, 1.82) is 0 Å². The predicted octanol–water partition coefficient (Wildman–Crippen LogP) is 0.607. The van der Waals surface area contributed by atoms with Crippen LogP contribution in [-0.4, -0.2) is 30.4 Å². The number of phenolic OH excluding ortho intramolecular Hbond substituents is 1. The van der Waals surface area contributed by atoms with E-state index in [9.17, 15) is 15.0 Å². The van der Waals surface area contributed by atoms with Gasteiger partial charge in [0, 0.05) is 0 Å². The lowest BCUT2D eigenvalue weighted by molar-refractivity contribution is -0.150. The number of rotatable bonds is 3. The summed E-state index contributed by atoms with van der Waals surface area (Å²) in [4.78, 5) is 11.0. The number of carbonyl (C=O) groups excluding carboxylic acids is 1. The molecule has 0 bridgehead atoms. The summed E-state index contributed by atoms with van der Waals surface area (Å²) >= 11 is 0. The zero-order valence-corrected chi connectivity index (χ0v) is 8.43. The van der Waals surface area contributed by atoms with Gasteiger partial charge >= 0.3 is 5.97 Å². The first-order valence-corrected chi connectivity index (χ1v) is 4.23. The molecule has 1 aromatic rings. The van der Waals surface area contributed by atoms with Crippen LogP contribution in [0.4, 0.5) is 0 Å². The molecule has 1 unspecified atom stereocenters. The number of esters is 1. The maximum absolute atomic E-state index is 11.0. The fraction of sp³-hybridized carbons (Fsp3) is 0.300. The first-order chi connectivity index (χ1) is 7.10. The van der Waals surface area contributed by atoms with E-state index in [1.807, 2.05) is 0 Å². The molecule has 1 aromatic carbocycles. The Kier molecular flexibility index (Phi) is 3.51. The molecule has 1 rings (SSSR count). The number of aromatic hydroxyl groups is 1. The summed E-state index contributed by atoms with van der Waals surface area (Å²) in [6.45, 7) is 0. The van der Waals surface area contributed by atoms with Crippen LogP contribution in [-0.2, 0) is 9.53 Å². The topological polar surface area (TPSA) is 76.0 Å². The van der Waals surface area contributed by atoms with Gasteiger partial charge in [0.1, 0.15) is 0 Å². The summed E-state index contributed by atoms with van der Waals surface area (Å²) in [5, 5.41) is 18.8. The molecule has 0 saturated carbocycles. The molecule has 0 heterocycles. The van der Waals surface area contributed by atoms with Gasteiger partial charge in [0.25, 0.3) is 0 Å². The molecule has 82 valence electrons. The molecule has 0 radical (unpaired) electrons. The summed E-state index contributed by atoms with van der Waals surface area (Å²) in [6, 6.07) is 4.12. The van der Waals surface area contributed by atoms with Crippen molar-refractivity contribution in [2.45, 2.75) is 6.10 Å². The second kappa shape index (κ2) is 4.65. The lowest BCUT2D eigenvalue weighted by atomic mass is 10.1. The molecule has 0 saturated heterocycles. The minimum Gasteiger partial charge on any atom is -0.504 e. The molecule has 0 aliphatic rings. The number of methoxy groups -OCH3 is 2. The van der Waals surface area contributed by atoms with Crippen LogP contribution in [0.3, 0.4) is 0 Å². The number of carbonyl (C=O) groups is 1. The van der Waals surface area contributed by atoms with E-state index in [0.717, 1.165) is 0 Å². The van der Waals surface area contributed by atoms with Crippen molar-refractivity contribution in [3.05, 3.63) is 23.8 Å². The van der Waals surface area contributed by atoms with Crippen molar-refractivity contribution >= 4 is 5.97 Å². The minimum absolute atomic E-state index is 0.0571. The van der Waals surface area contributed by atoms with Crippen LogP contribution in [0.5, 0.6) is 11.5 Å². The third-order valence-corrected chi connectivity index (χ3v) is 1.94. The number of ether oxygens (including phenoxy) is 2. The summed E-state index contributed by atoms with van der Waals surface area (Å²) < 4.78 is 9.21. The standard InChI is InChI=1S/C10H12O5/c1-14-8-5-6(3-4-7(8)11)9(12)10(13)15-2/h3-5,9,11-12H,1-2H3. The number of aliphatic hydroxyl groups is 1. The highest BCUT2D eigenvalue weighted by molar-refractivity contribution is 5.76. The summed E-state index contributed by atoms with van der Waals surface area (Å²) in [5.74, 6) is -0.628. The highest BCUT2D eigenvalue weighted by Gasteiger charge is 2.19. The largest absolute Gasteiger partial charge is 0.504 e. The lowest BCUT2D eigenvalue weighted by Gasteiger charge is -2.10. The van der Waals surface area contributed by atoms with Gasteiger partial charge in [-0.3, -0.25) is 0 Å². The van der Waals surface area contributed by atoms with Crippen molar-refractivity contribution in [3.8, 4) is 11.5 Å². The van der Waals surface area contributed by atoms with Gasteiger partial charge in [-0.25, -0.2) is 4.79 Å². The molecule has 5 nitrogen and oxygen atoms in total. The van der Waals surface area contributed by atoms with E-state index in [1.165, 1.54) is 32.4 Å². The summed E-state index contributed by atoms with van der Waals surface area (Å²) in [6.07, 6.45) is -1.37. The average Bonchev–Trinajstić information content (AvgIpc) is 2.27. The van der Waals surface area contributed by atoms with E-state index in [4.69, 9.17) is 4.74 Å². The zero-order valence-electron chi connectivity index (χ0n) is 8.43. The van der Waals surface area contributed by atoms with Crippen molar-refractivity contribution in [1.82, 2.24) is 0 Å². The quantitative estimate of drug-likeness (QED) is 0.718. The van der Waals surface area contributed by atoms with Crippen molar-refractivity contribution < 1.29 is 24.5 Å². The van der Waals surface area contributed by atoms with Crippen LogP contribution in [0.25, 0.3) is 0 Å². The molecule has 0 spiro atoms. The maximum Gasteiger partial charge on any atom is 0.339 e. The highest BCUT2D eigenvalue weighted by atomic mass is 16.5. The van der Waals surface area contributed by atoms with Crippen LogP contribution in [0.15, 0.2) is 18.2 Å². The molecule has 15 heavy (non-hydrogen) atoms. The molecule has 2 N–H and O–H groups in total. The Balaban J connectivity index is 3.00. The monoisotopic (exact) mass is 212 g/mol. The predicted molar refractivity (Wildman–Crippen MR) is 51.6 cm³/mol. The Labute approximate surface area is 86.9 Å². The first kappa shape index (κ1) is 11.3. The van der Waals surface area contributed by atoms with Crippen LogP contribution < -0.4 is 4.74 Å². The van der Waals surface area contributed by atoms with Gasteiger partial charge in [-0.05, 0) is 17.7 Å². The van der Waals surface area contributed by atoms with Crippen LogP contribution in [0, 0.1) is 0 Å². The van der Waals surface area contributed by atoms with E-state index >= 15 is 0 Å². The van der Waals surface area contributed by atoms with Gasteiger partial charge in [0.15, 0.2) is 17.6 Å². The normalized spacial score (nSPS) is 11.9. The highest BCUT2D eigenvalue weighted by Crippen LogP contribution is 2.29. The van der Waals surface area contributed by atoms with Crippen LogP contribution in [0.2, 0.25) is 0 Å². The Bertz CT molecular complexity index is 361. The second-order valence-corrected chi connectivity index (χ2v) is 2.86. The molecule has 0 aliphatic heterocycles. The molecule has 0 aliphatic carbocycles. The molecule has 5 heteroatoms. The molecule has 1 atom stereocenters. The van der Waals surface area contributed by atoms with Gasteiger partial charge < -0.3 is 19.7 Å². The van der Waals surface area contributed by atoms with E-state index < -0.39 is 12.1 Å². The number of aliphatic hydroxyl groups excluding tert-OH is 1. The van der Waals surface area contributed by atoms with E-state index in [-0.39, 0.29) is 11.5 Å². The Morgan fingerprint density at radius 2 is 2.07 bits per heavy atom. The number of phenols is 1. The minimum atomic E-state index is -1.37. The number of hydrogen-bond donors (Lipinski definition) is 2. The molecular weight excluding hydrogens is 200 g/mol. The summed E-state index contributed by atoms with van der Waals surface area (Å²) in [5.41, 5.74) is 0.302. The maximum atomic E-state index is 11.0. The molecule has 0 aromatic heterocycles. The fourth-order valence-corrected chi connectivity index (χ4v) is 1.11. The Morgan fingerprint density at radius 3 is 2.60 bits per heavy atom. The average molecular weight is 212 g/mol. The zero-order chi connectivity index (χ0) is 11.4. The third-order valence-electron chi connectivity index (χ3n) is 1.94. The molecule has 0 fully saturated rings. The molecular formula is C10H12O5. The first-order valence-electron chi connectivity index (χ1n) is 4.23. The van der Waals surface area contributed by atoms with E-state index in [0.29, 0.717) is 5.56 Å². The summed E-state index contributed by atoms with van der Waals surface area (Å²) in [7, 11) is 2.56. The van der Waals surface area contributed by atoms with Crippen molar-refractivity contribution in [3.63, 3.8) is 0 Å². The lowest BCUT2D eigenvalue weighted by Crippen LogP contribution is -2.13.